The lowest BCUT2D eigenvalue weighted by Crippen LogP contribution is -2.43. The maximum Gasteiger partial charge on any atom is 0.219 e. The van der Waals surface area contributed by atoms with Gasteiger partial charge in [-0.25, -0.2) is 13.1 Å². The molecular formula is C14H26N2O3S. The molecule has 1 atom stereocenters. The van der Waals surface area contributed by atoms with Crippen LogP contribution in [0.25, 0.3) is 0 Å². The lowest BCUT2D eigenvalue weighted by molar-refractivity contribution is -0.130. The van der Waals surface area contributed by atoms with Crippen molar-refractivity contribution in [2.45, 2.75) is 45.4 Å². The van der Waals surface area contributed by atoms with Gasteiger partial charge in [0.15, 0.2) is 0 Å². The van der Waals surface area contributed by atoms with E-state index in [0.29, 0.717) is 19.0 Å². The second kappa shape index (κ2) is 6.89. The first-order valence-electron chi connectivity index (χ1n) is 7.69. The van der Waals surface area contributed by atoms with E-state index in [4.69, 9.17) is 0 Å². The van der Waals surface area contributed by atoms with E-state index in [1.54, 1.807) is 6.92 Å². The average Bonchev–Trinajstić information content (AvgIpc) is 2.89. The molecular weight excluding hydrogens is 276 g/mol. The molecule has 20 heavy (non-hydrogen) atoms. The van der Waals surface area contributed by atoms with E-state index in [-0.39, 0.29) is 17.6 Å². The number of nitrogens with one attached hydrogen (secondary N) is 1. The van der Waals surface area contributed by atoms with Crippen molar-refractivity contribution in [1.29, 1.82) is 0 Å². The third-order valence-corrected chi connectivity index (χ3v) is 6.00. The number of carbonyl (C=O) groups is 1. The van der Waals surface area contributed by atoms with Gasteiger partial charge in [0.05, 0.1) is 5.75 Å². The Morgan fingerprint density at radius 1 is 1.15 bits per heavy atom. The molecule has 0 radical (unpaired) electrons. The Morgan fingerprint density at radius 2 is 1.80 bits per heavy atom. The highest BCUT2D eigenvalue weighted by Crippen LogP contribution is 2.25. The monoisotopic (exact) mass is 302 g/mol. The minimum atomic E-state index is -3.16. The minimum absolute atomic E-state index is 0.0866. The van der Waals surface area contributed by atoms with Crippen molar-refractivity contribution in [2.75, 3.05) is 25.4 Å². The lowest BCUT2D eigenvalue weighted by Gasteiger charge is -2.32. The summed E-state index contributed by atoms with van der Waals surface area (Å²) in [5.41, 5.74) is 0. The van der Waals surface area contributed by atoms with E-state index < -0.39 is 10.0 Å². The van der Waals surface area contributed by atoms with E-state index >= 15 is 0 Å². The van der Waals surface area contributed by atoms with Crippen LogP contribution < -0.4 is 4.72 Å². The van der Waals surface area contributed by atoms with Crippen LogP contribution in [-0.2, 0) is 14.8 Å². The van der Waals surface area contributed by atoms with Crippen LogP contribution in [-0.4, -0.2) is 44.6 Å². The van der Waals surface area contributed by atoms with Gasteiger partial charge in [0.1, 0.15) is 0 Å². The van der Waals surface area contributed by atoms with Gasteiger partial charge in [0.2, 0.25) is 15.9 Å². The fraction of sp³-hybridized carbons (Fsp3) is 0.929. The first-order valence-corrected chi connectivity index (χ1v) is 9.34. The third-order valence-electron chi connectivity index (χ3n) is 4.49. The summed E-state index contributed by atoms with van der Waals surface area (Å²) in [4.78, 5) is 13.2. The van der Waals surface area contributed by atoms with Gasteiger partial charge in [-0.2, -0.15) is 0 Å². The quantitative estimate of drug-likeness (QED) is 0.834. The molecule has 0 aromatic heterocycles. The molecule has 1 saturated heterocycles. The number of sulfonamides is 1. The first-order chi connectivity index (χ1) is 9.46. The summed E-state index contributed by atoms with van der Waals surface area (Å²) in [6.45, 7) is 3.54. The van der Waals surface area contributed by atoms with Gasteiger partial charge < -0.3 is 4.90 Å². The number of amides is 1. The molecule has 1 unspecified atom stereocenters. The third kappa shape index (κ3) is 4.74. The van der Waals surface area contributed by atoms with Crippen LogP contribution in [0.15, 0.2) is 0 Å². The Hall–Kier alpha value is -0.620. The Labute approximate surface area is 122 Å². The molecule has 2 aliphatic rings. The smallest absolute Gasteiger partial charge is 0.219 e. The van der Waals surface area contributed by atoms with E-state index in [1.165, 1.54) is 0 Å². The fourth-order valence-corrected chi connectivity index (χ4v) is 4.87. The van der Waals surface area contributed by atoms with Crippen LogP contribution in [0.3, 0.4) is 0 Å². The zero-order chi connectivity index (χ0) is 14.6. The van der Waals surface area contributed by atoms with Gasteiger partial charge in [-0.3, -0.25) is 4.79 Å². The van der Waals surface area contributed by atoms with Crippen molar-refractivity contribution < 1.29 is 13.2 Å². The van der Waals surface area contributed by atoms with Gasteiger partial charge in [0.25, 0.3) is 0 Å². The summed E-state index contributed by atoms with van der Waals surface area (Å²) in [7, 11) is -3.16. The molecule has 1 aliphatic heterocycles. The van der Waals surface area contributed by atoms with Crippen LogP contribution >= 0.6 is 0 Å². The number of carbonyl (C=O) groups excluding carboxylic acids is 1. The molecule has 116 valence electrons. The molecule has 0 aromatic rings. The summed E-state index contributed by atoms with van der Waals surface area (Å²) < 4.78 is 26.9. The predicted octanol–water partition coefficient (Wildman–Crippen LogP) is 1.35. The largest absolute Gasteiger partial charge is 0.343 e. The fourth-order valence-electron chi connectivity index (χ4n) is 3.31. The van der Waals surface area contributed by atoms with Crippen LogP contribution in [0.5, 0.6) is 0 Å². The Kier molecular flexibility index (Phi) is 5.43. The summed E-state index contributed by atoms with van der Waals surface area (Å²) in [5.74, 6) is 0.956. The molecule has 1 N–H and O–H groups in total. The summed E-state index contributed by atoms with van der Waals surface area (Å²) in [5, 5.41) is 0. The topological polar surface area (TPSA) is 66.5 Å². The van der Waals surface area contributed by atoms with E-state index in [0.717, 1.165) is 45.1 Å². The van der Waals surface area contributed by atoms with Crippen LogP contribution in [0.1, 0.15) is 45.4 Å². The Morgan fingerprint density at radius 3 is 2.45 bits per heavy atom. The molecule has 1 heterocycles. The molecule has 0 bridgehead atoms. The van der Waals surface area contributed by atoms with E-state index in [1.807, 2.05) is 4.90 Å². The SMILES string of the molecule is CC(=O)N1CCCC(CNS(=O)(=O)CC2CCCC2)C1. The predicted molar refractivity (Wildman–Crippen MR) is 78.7 cm³/mol. The van der Waals surface area contributed by atoms with Crippen LogP contribution in [0.4, 0.5) is 0 Å². The highest BCUT2D eigenvalue weighted by atomic mass is 32.2. The van der Waals surface area contributed by atoms with Gasteiger partial charge in [0, 0.05) is 26.6 Å². The first kappa shape index (κ1) is 15.8. The molecule has 0 spiro atoms. The van der Waals surface area contributed by atoms with Crippen molar-refractivity contribution >= 4 is 15.9 Å². The highest BCUT2D eigenvalue weighted by Gasteiger charge is 2.25. The molecule has 0 aromatic carbocycles. The van der Waals surface area contributed by atoms with Crippen LogP contribution in [0, 0.1) is 11.8 Å². The van der Waals surface area contributed by atoms with Gasteiger partial charge in [-0.05, 0) is 37.5 Å². The molecule has 1 amide bonds. The van der Waals surface area contributed by atoms with Crippen LogP contribution in [0.2, 0.25) is 0 Å². The number of likely N-dealkylation sites (tertiary alicyclic amines) is 1. The van der Waals surface area contributed by atoms with Crippen molar-refractivity contribution in [2.24, 2.45) is 11.8 Å². The number of nitrogens with zero attached hydrogens (tertiary/aromatic N) is 1. The lowest BCUT2D eigenvalue weighted by atomic mass is 9.98. The summed E-state index contributed by atoms with van der Waals surface area (Å²) in [6.07, 6.45) is 6.38. The van der Waals surface area contributed by atoms with Gasteiger partial charge >= 0.3 is 0 Å². The molecule has 5 nitrogen and oxygen atoms in total. The standard InChI is InChI=1S/C14H26N2O3S/c1-12(17)16-8-4-7-14(10-16)9-15-20(18,19)11-13-5-2-3-6-13/h13-15H,2-11H2,1H3. The van der Waals surface area contributed by atoms with Crippen molar-refractivity contribution in [3.63, 3.8) is 0 Å². The maximum absolute atomic E-state index is 12.1. The molecule has 6 heteroatoms. The van der Waals surface area contributed by atoms with E-state index in [2.05, 4.69) is 4.72 Å². The molecule has 1 aliphatic carbocycles. The summed E-state index contributed by atoms with van der Waals surface area (Å²) in [6, 6.07) is 0. The number of rotatable bonds is 5. The van der Waals surface area contributed by atoms with Gasteiger partial charge in [-0.1, -0.05) is 12.8 Å². The average molecular weight is 302 g/mol. The Bertz CT molecular complexity index is 430. The minimum Gasteiger partial charge on any atom is -0.343 e. The number of hydrogen-bond acceptors (Lipinski definition) is 3. The number of piperidine rings is 1. The zero-order valence-electron chi connectivity index (χ0n) is 12.3. The van der Waals surface area contributed by atoms with Crippen molar-refractivity contribution in [3.8, 4) is 0 Å². The molecule has 2 fully saturated rings. The second-order valence-electron chi connectivity index (χ2n) is 6.25. The highest BCUT2D eigenvalue weighted by molar-refractivity contribution is 7.89. The molecule has 1 saturated carbocycles. The second-order valence-corrected chi connectivity index (χ2v) is 8.11. The summed E-state index contributed by atoms with van der Waals surface area (Å²) >= 11 is 0. The molecule has 2 rings (SSSR count). The number of hydrogen-bond donors (Lipinski definition) is 1. The zero-order valence-corrected chi connectivity index (χ0v) is 13.1. The van der Waals surface area contributed by atoms with Gasteiger partial charge in [-0.15, -0.1) is 0 Å². The maximum atomic E-state index is 12.1. The van der Waals surface area contributed by atoms with E-state index in [9.17, 15) is 13.2 Å². The Balaban J connectivity index is 1.77. The normalized spacial score (nSPS) is 25.1. The van der Waals surface area contributed by atoms with Crippen molar-refractivity contribution in [1.82, 2.24) is 9.62 Å². The van der Waals surface area contributed by atoms with Crippen molar-refractivity contribution in [3.05, 3.63) is 0 Å².